The van der Waals surface area contributed by atoms with Crippen molar-refractivity contribution < 1.29 is 9.13 Å². The van der Waals surface area contributed by atoms with Gasteiger partial charge in [-0.25, -0.2) is 4.39 Å². The molecule has 2 aliphatic heterocycles. The van der Waals surface area contributed by atoms with E-state index in [-0.39, 0.29) is 5.82 Å². The highest BCUT2D eigenvalue weighted by Crippen LogP contribution is 2.30. The molecule has 4 heteroatoms. The first-order valence-electron chi connectivity index (χ1n) is 6.60. The van der Waals surface area contributed by atoms with E-state index in [0.29, 0.717) is 17.7 Å². The van der Waals surface area contributed by atoms with Crippen molar-refractivity contribution >= 4 is 5.69 Å². The number of ether oxygens (including phenoxy) is 1. The summed E-state index contributed by atoms with van der Waals surface area (Å²) in [6.45, 7) is 3.16. The molecule has 0 spiro atoms. The number of hydrogen-bond donors (Lipinski definition) is 1. The maximum Gasteiger partial charge on any atom is 0.167 e. The molecule has 2 saturated heterocycles. The number of benzene rings is 1. The molecule has 0 radical (unpaired) electrons. The van der Waals surface area contributed by atoms with Crippen molar-refractivity contribution in [2.45, 2.75) is 18.9 Å². The first-order valence-corrected chi connectivity index (χ1v) is 6.60. The molecule has 0 aliphatic carbocycles. The second-order valence-electron chi connectivity index (χ2n) is 5.16. The van der Waals surface area contributed by atoms with Gasteiger partial charge in [0.2, 0.25) is 0 Å². The lowest BCUT2D eigenvalue weighted by molar-refractivity contribution is 0.374. The Bertz CT molecular complexity index is 438. The number of rotatable bonds is 2. The molecule has 2 fully saturated rings. The molecule has 1 aromatic carbocycles. The zero-order valence-corrected chi connectivity index (χ0v) is 10.7. The largest absolute Gasteiger partial charge is 0.494 e. The predicted octanol–water partition coefficient (Wildman–Crippen LogP) is 2.02. The van der Waals surface area contributed by atoms with Gasteiger partial charge in [-0.3, -0.25) is 0 Å². The SMILES string of the molecule is COc1ccc(N2CCC3NCCC3C2)cc1F. The van der Waals surface area contributed by atoms with Gasteiger partial charge in [0.1, 0.15) is 0 Å². The summed E-state index contributed by atoms with van der Waals surface area (Å²) in [5, 5.41) is 3.54. The number of piperidine rings is 1. The van der Waals surface area contributed by atoms with Crippen molar-refractivity contribution in [2.24, 2.45) is 5.92 Å². The maximum atomic E-state index is 13.7. The molecule has 2 atom stereocenters. The molecule has 98 valence electrons. The number of nitrogens with zero attached hydrogens (tertiary/aromatic N) is 1. The molecule has 2 unspecified atom stereocenters. The third-order valence-electron chi connectivity index (χ3n) is 4.16. The maximum absolute atomic E-state index is 13.7. The Morgan fingerprint density at radius 2 is 2.28 bits per heavy atom. The summed E-state index contributed by atoms with van der Waals surface area (Å²) >= 11 is 0. The average Bonchev–Trinajstić information content (AvgIpc) is 2.85. The fourth-order valence-corrected chi connectivity index (χ4v) is 3.13. The Morgan fingerprint density at radius 1 is 1.39 bits per heavy atom. The first-order chi connectivity index (χ1) is 8.78. The van der Waals surface area contributed by atoms with Crippen LogP contribution in [0.5, 0.6) is 5.75 Å². The van der Waals surface area contributed by atoms with E-state index >= 15 is 0 Å². The molecule has 2 heterocycles. The Hall–Kier alpha value is -1.29. The summed E-state index contributed by atoms with van der Waals surface area (Å²) < 4.78 is 18.7. The predicted molar refractivity (Wildman–Crippen MR) is 69.7 cm³/mol. The Morgan fingerprint density at radius 3 is 3.06 bits per heavy atom. The zero-order chi connectivity index (χ0) is 12.5. The minimum absolute atomic E-state index is 0.276. The topological polar surface area (TPSA) is 24.5 Å². The Labute approximate surface area is 107 Å². The normalized spacial score (nSPS) is 27.1. The molecule has 1 aromatic rings. The lowest BCUT2D eigenvalue weighted by Gasteiger charge is -2.36. The van der Waals surface area contributed by atoms with Gasteiger partial charge < -0.3 is 15.0 Å². The van der Waals surface area contributed by atoms with Gasteiger partial charge in [-0.1, -0.05) is 0 Å². The fraction of sp³-hybridized carbons (Fsp3) is 0.571. The Kier molecular flexibility index (Phi) is 3.12. The van der Waals surface area contributed by atoms with Crippen LogP contribution in [0.3, 0.4) is 0 Å². The number of fused-ring (bicyclic) bond motifs is 1. The summed E-state index contributed by atoms with van der Waals surface area (Å²) in [5.41, 5.74) is 0.971. The van der Waals surface area contributed by atoms with E-state index in [9.17, 15) is 4.39 Å². The highest BCUT2D eigenvalue weighted by atomic mass is 19.1. The second kappa shape index (κ2) is 4.76. The second-order valence-corrected chi connectivity index (χ2v) is 5.16. The number of halogens is 1. The number of anilines is 1. The molecule has 0 aromatic heterocycles. The number of methoxy groups -OCH3 is 1. The van der Waals surface area contributed by atoms with Crippen LogP contribution in [0, 0.1) is 11.7 Å². The van der Waals surface area contributed by atoms with Crippen molar-refractivity contribution in [3.05, 3.63) is 24.0 Å². The van der Waals surface area contributed by atoms with E-state index in [1.165, 1.54) is 13.5 Å². The van der Waals surface area contributed by atoms with Crippen molar-refractivity contribution in [2.75, 3.05) is 31.6 Å². The van der Waals surface area contributed by atoms with E-state index in [0.717, 1.165) is 31.7 Å². The van der Waals surface area contributed by atoms with Crippen molar-refractivity contribution in [3.63, 3.8) is 0 Å². The molecule has 1 N–H and O–H groups in total. The van der Waals surface area contributed by atoms with Crippen molar-refractivity contribution in [1.29, 1.82) is 0 Å². The molecule has 0 saturated carbocycles. The van der Waals surface area contributed by atoms with E-state index in [1.807, 2.05) is 6.07 Å². The standard InChI is InChI=1S/C14H19FN2O/c1-18-14-3-2-11(8-12(14)15)17-7-5-13-10(9-17)4-6-16-13/h2-3,8,10,13,16H,4-7,9H2,1H3. The highest BCUT2D eigenvalue weighted by molar-refractivity contribution is 5.50. The molecular weight excluding hydrogens is 231 g/mol. The van der Waals surface area contributed by atoms with Crippen molar-refractivity contribution in [1.82, 2.24) is 5.32 Å². The van der Waals surface area contributed by atoms with Crippen LogP contribution in [0.25, 0.3) is 0 Å². The lowest BCUT2D eigenvalue weighted by atomic mass is 9.93. The number of hydrogen-bond acceptors (Lipinski definition) is 3. The van der Waals surface area contributed by atoms with Gasteiger partial charge in [0.25, 0.3) is 0 Å². The third-order valence-corrected chi connectivity index (χ3v) is 4.16. The van der Waals surface area contributed by atoms with Gasteiger partial charge in [-0.2, -0.15) is 0 Å². The van der Waals surface area contributed by atoms with E-state index in [2.05, 4.69) is 10.2 Å². The number of nitrogens with one attached hydrogen (secondary N) is 1. The van der Waals surface area contributed by atoms with Crippen LogP contribution < -0.4 is 15.0 Å². The van der Waals surface area contributed by atoms with E-state index in [1.54, 1.807) is 12.1 Å². The minimum atomic E-state index is -0.276. The smallest absolute Gasteiger partial charge is 0.167 e. The summed E-state index contributed by atoms with van der Waals surface area (Å²) in [6.07, 6.45) is 2.39. The van der Waals surface area contributed by atoms with Crippen LogP contribution in [0.1, 0.15) is 12.8 Å². The summed E-state index contributed by atoms with van der Waals surface area (Å²) in [5.74, 6) is 0.752. The third kappa shape index (κ3) is 2.05. The van der Waals surface area contributed by atoms with Crippen LogP contribution in [-0.2, 0) is 0 Å². The van der Waals surface area contributed by atoms with Gasteiger partial charge in [-0.15, -0.1) is 0 Å². The fourth-order valence-electron chi connectivity index (χ4n) is 3.13. The van der Waals surface area contributed by atoms with Gasteiger partial charge in [0.05, 0.1) is 7.11 Å². The summed E-state index contributed by atoms with van der Waals surface area (Å²) in [4.78, 5) is 2.29. The quantitative estimate of drug-likeness (QED) is 0.869. The average molecular weight is 250 g/mol. The van der Waals surface area contributed by atoms with Gasteiger partial charge in [-0.05, 0) is 37.4 Å². The molecular formula is C14H19FN2O. The highest BCUT2D eigenvalue weighted by Gasteiger charge is 2.32. The molecule has 0 bridgehead atoms. The summed E-state index contributed by atoms with van der Waals surface area (Å²) in [7, 11) is 1.49. The zero-order valence-electron chi connectivity index (χ0n) is 10.7. The van der Waals surface area contributed by atoms with E-state index in [4.69, 9.17) is 4.74 Å². The molecule has 18 heavy (non-hydrogen) atoms. The van der Waals surface area contributed by atoms with Crippen molar-refractivity contribution in [3.8, 4) is 5.75 Å². The lowest BCUT2D eigenvalue weighted by Crippen LogP contribution is -2.44. The first kappa shape index (κ1) is 11.8. The molecule has 0 amide bonds. The molecule has 3 rings (SSSR count). The minimum Gasteiger partial charge on any atom is -0.494 e. The van der Waals surface area contributed by atoms with Gasteiger partial charge >= 0.3 is 0 Å². The van der Waals surface area contributed by atoms with Crippen LogP contribution in [0.15, 0.2) is 18.2 Å². The Balaban J connectivity index is 1.76. The van der Waals surface area contributed by atoms with Crippen LogP contribution in [0.2, 0.25) is 0 Å². The van der Waals surface area contributed by atoms with Crippen LogP contribution in [0.4, 0.5) is 10.1 Å². The van der Waals surface area contributed by atoms with Gasteiger partial charge in [0.15, 0.2) is 11.6 Å². The molecule has 2 aliphatic rings. The molecule has 3 nitrogen and oxygen atoms in total. The van der Waals surface area contributed by atoms with Gasteiger partial charge in [0, 0.05) is 30.9 Å². The van der Waals surface area contributed by atoms with E-state index < -0.39 is 0 Å². The van der Waals surface area contributed by atoms with Crippen LogP contribution in [-0.4, -0.2) is 32.8 Å². The monoisotopic (exact) mass is 250 g/mol. The van der Waals surface area contributed by atoms with Crippen LogP contribution >= 0.6 is 0 Å². The summed E-state index contributed by atoms with van der Waals surface area (Å²) in [6, 6.07) is 5.92.